The number of ether oxygens (including phenoxy) is 3. The third-order valence-corrected chi connectivity index (χ3v) is 12.2. The Balaban J connectivity index is 1.23. The van der Waals surface area contributed by atoms with Gasteiger partial charge in [0.2, 0.25) is 0 Å². The molecule has 0 aromatic heterocycles. The molecule has 8 atom stereocenters. The smallest absolute Gasteiger partial charge is 0.463 e. The number of rotatable bonds is 14. The molecule has 1 unspecified atom stereocenters. The summed E-state index contributed by atoms with van der Waals surface area (Å²) in [6.07, 6.45) is 20.5. The fourth-order valence-corrected chi connectivity index (χ4v) is 9.87. The van der Waals surface area contributed by atoms with Gasteiger partial charge in [-0.05, 0) is 117 Å². The van der Waals surface area contributed by atoms with Crippen LogP contribution in [0, 0.1) is 46.3 Å². The van der Waals surface area contributed by atoms with E-state index in [-0.39, 0.29) is 17.5 Å². The Morgan fingerprint density at radius 2 is 1.67 bits per heavy atom. The van der Waals surface area contributed by atoms with Gasteiger partial charge in [-0.2, -0.15) is 0 Å². The number of esters is 1. The van der Waals surface area contributed by atoms with Crippen LogP contribution in [0.4, 0.5) is 4.79 Å². The highest BCUT2D eigenvalue weighted by molar-refractivity contribution is 5.81. The zero-order valence-electron chi connectivity index (χ0n) is 27.5. The van der Waals surface area contributed by atoms with Gasteiger partial charge >= 0.3 is 12.1 Å². The summed E-state index contributed by atoms with van der Waals surface area (Å²) in [4.78, 5) is 23.5. The van der Waals surface area contributed by atoms with Crippen molar-refractivity contribution < 1.29 is 23.8 Å². The van der Waals surface area contributed by atoms with Crippen LogP contribution in [0.1, 0.15) is 131 Å². The fraction of sp³-hybridized carbons (Fsp3) is 0.838. The van der Waals surface area contributed by atoms with Crippen molar-refractivity contribution in [3.63, 3.8) is 0 Å². The molecule has 4 aliphatic rings. The summed E-state index contributed by atoms with van der Waals surface area (Å²) in [6, 6.07) is 0. The summed E-state index contributed by atoms with van der Waals surface area (Å²) in [5, 5.41) is 0. The molecule has 0 heterocycles. The molecule has 0 saturated heterocycles. The van der Waals surface area contributed by atoms with Gasteiger partial charge in [0.05, 0.1) is 13.2 Å². The van der Waals surface area contributed by atoms with Crippen LogP contribution in [0.15, 0.2) is 24.3 Å². The number of unbranched alkanes of at least 4 members (excludes halogenated alkanes) is 3. The molecule has 0 amide bonds. The molecule has 0 aliphatic heterocycles. The van der Waals surface area contributed by atoms with Crippen molar-refractivity contribution in [3.8, 4) is 0 Å². The van der Waals surface area contributed by atoms with Crippen molar-refractivity contribution in [2.75, 3.05) is 13.2 Å². The van der Waals surface area contributed by atoms with Gasteiger partial charge in [0.15, 0.2) is 0 Å². The molecular formula is C37H60O5. The quantitative estimate of drug-likeness (QED) is 0.0880. The van der Waals surface area contributed by atoms with E-state index in [0.717, 1.165) is 80.5 Å². The number of allylic oxidation sites excluding steroid dienone is 1. The predicted octanol–water partition coefficient (Wildman–Crippen LogP) is 9.84. The van der Waals surface area contributed by atoms with Crippen molar-refractivity contribution in [3.05, 3.63) is 24.3 Å². The molecule has 0 bridgehead atoms. The van der Waals surface area contributed by atoms with Crippen LogP contribution < -0.4 is 0 Å². The molecule has 0 N–H and O–H groups in total. The monoisotopic (exact) mass is 584 g/mol. The maximum atomic E-state index is 12.4. The summed E-state index contributed by atoms with van der Waals surface area (Å²) in [6.45, 7) is 16.6. The van der Waals surface area contributed by atoms with Crippen molar-refractivity contribution >= 4 is 12.1 Å². The Bertz CT molecular complexity index is 954. The van der Waals surface area contributed by atoms with Crippen LogP contribution >= 0.6 is 0 Å². The van der Waals surface area contributed by atoms with Crippen LogP contribution in [0.3, 0.4) is 0 Å². The zero-order valence-corrected chi connectivity index (χ0v) is 27.5. The summed E-state index contributed by atoms with van der Waals surface area (Å²) in [7, 11) is 0. The van der Waals surface area contributed by atoms with E-state index in [1.54, 1.807) is 5.57 Å². The highest BCUT2D eigenvalue weighted by atomic mass is 16.7. The number of hydrogen-bond acceptors (Lipinski definition) is 5. The molecule has 0 aromatic rings. The standard InChI is InChI=1S/C37H60O5/c1-7-34(38)40-23-10-8-9-11-24-41-35(39)42-29-19-21-36(5)28(25-29)15-16-30-32-18-17-31(27(4)14-12-13-26(2)3)37(32,6)22-20-33(30)36/h7,15,26-27,29-33H,1,8-14,16-25H2,2-6H3/t27-,29?,30+,31-,32+,33+,36+,37-/m1/s1. The molecule has 5 heteroatoms. The average molecular weight is 585 g/mol. The van der Waals surface area contributed by atoms with Crippen molar-refractivity contribution in [1.82, 2.24) is 0 Å². The number of fused-ring (bicyclic) bond motifs is 5. The number of carbonyl (C=O) groups is 2. The van der Waals surface area contributed by atoms with Crippen LogP contribution in [-0.4, -0.2) is 31.4 Å². The van der Waals surface area contributed by atoms with Gasteiger partial charge in [-0.15, -0.1) is 0 Å². The zero-order chi connectivity index (χ0) is 30.3. The summed E-state index contributed by atoms with van der Waals surface area (Å²) >= 11 is 0. The summed E-state index contributed by atoms with van der Waals surface area (Å²) in [5.41, 5.74) is 2.32. The predicted molar refractivity (Wildman–Crippen MR) is 169 cm³/mol. The first kappa shape index (κ1) is 33.1. The van der Waals surface area contributed by atoms with Crippen molar-refractivity contribution in [2.45, 2.75) is 137 Å². The van der Waals surface area contributed by atoms with E-state index in [9.17, 15) is 9.59 Å². The van der Waals surface area contributed by atoms with Crippen LogP contribution in [0.5, 0.6) is 0 Å². The summed E-state index contributed by atoms with van der Waals surface area (Å²) in [5.74, 6) is 4.65. The second kappa shape index (κ2) is 14.8. The molecule has 3 saturated carbocycles. The Hall–Kier alpha value is -1.78. The first-order valence-electron chi connectivity index (χ1n) is 17.4. The maximum absolute atomic E-state index is 12.4. The minimum atomic E-state index is -0.522. The van der Waals surface area contributed by atoms with Crippen LogP contribution in [-0.2, 0) is 19.0 Å². The molecule has 42 heavy (non-hydrogen) atoms. The van der Waals surface area contributed by atoms with Crippen LogP contribution in [0.25, 0.3) is 0 Å². The highest BCUT2D eigenvalue weighted by Crippen LogP contribution is 2.67. The van der Waals surface area contributed by atoms with E-state index in [2.05, 4.69) is 47.3 Å². The van der Waals surface area contributed by atoms with E-state index < -0.39 is 6.16 Å². The first-order chi connectivity index (χ1) is 20.1. The topological polar surface area (TPSA) is 61.8 Å². The van der Waals surface area contributed by atoms with Crippen LogP contribution in [0.2, 0.25) is 0 Å². The van der Waals surface area contributed by atoms with Gasteiger partial charge < -0.3 is 14.2 Å². The normalized spacial score (nSPS) is 34.4. The first-order valence-corrected chi connectivity index (χ1v) is 17.4. The third kappa shape index (κ3) is 7.65. The largest absolute Gasteiger partial charge is 0.508 e. The van der Waals surface area contributed by atoms with Crippen molar-refractivity contribution in [2.24, 2.45) is 46.3 Å². The van der Waals surface area contributed by atoms with E-state index in [1.165, 1.54) is 57.4 Å². The maximum Gasteiger partial charge on any atom is 0.508 e. The average Bonchev–Trinajstić information content (AvgIpc) is 3.31. The van der Waals surface area contributed by atoms with E-state index in [1.807, 2.05) is 0 Å². The minimum Gasteiger partial charge on any atom is -0.463 e. The molecule has 5 nitrogen and oxygen atoms in total. The molecular weight excluding hydrogens is 524 g/mol. The third-order valence-electron chi connectivity index (χ3n) is 12.2. The second-order valence-corrected chi connectivity index (χ2v) is 15.2. The van der Waals surface area contributed by atoms with Gasteiger partial charge in [0, 0.05) is 12.5 Å². The number of hydrogen-bond donors (Lipinski definition) is 0. The molecule has 0 spiro atoms. The van der Waals surface area contributed by atoms with Gasteiger partial charge in [0.25, 0.3) is 0 Å². The lowest BCUT2D eigenvalue weighted by atomic mass is 9.47. The lowest BCUT2D eigenvalue weighted by Gasteiger charge is -2.58. The van der Waals surface area contributed by atoms with Gasteiger partial charge in [0.1, 0.15) is 6.10 Å². The molecule has 0 aromatic carbocycles. The molecule has 238 valence electrons. The lowest BCUT2D eigenvalue weighted by molar-refractivity contribution is -0.137. The van der Waals surface area contributed by atoms with Gasteiger partial charge in [-0.1, -0.05) is 72.1 Å². The Labute approximate surface area is 256 Å². The minimum absolute atomic E-state index is 0.0654. The molecule has 3 fully saturated rings. The molecule has 4 rings (SSSR count). The van der Waals surface area contributed by atoms with Crippen molar-refractivity contribution in [1.29, 1.82) is 0 Å². The van der Waals surface area contributed by atoms with E-state index in [0.29, 0.717) is 18.6 Å². The lowest BCUT2D eigenvalue weighted by Crippen LogP contribution is -2.51. The van der Waals surface area contributed by atoms with E-state index >= 15 is 0 Å². The van der Waals surface area contributed by atoms with Gasteiger partial charge in [-0.25, -0.2) is 9.59 Å². The Morgan fingerprint density at radius 1 is 0.929 bits per heavy atom. The van der Waals surface area contributed by atoms with Gasteiger partial charge in [-0.3, -0.25) is 0 Å². The summed E-state index contributed by atoms with van der Waals surface area (Å²) < 4.78 is 16.2. The highest BCUT2D eigenvalue weighted by Gasteiger charge is 2.59. The second-order valence-electron chi connectivity index (χ2n) is 15.2. The Morgan fingerprint density at radius 3 is 2.38 bits per heavy atom. The van der Waals surface area contributed by atoms with E-state index in [4.69, 9.17) is 14.2 Å². The Kier molecular flexibility index (Phi) is 11.7. The number of carbonyl (C=O) groups excluding carboxylic acids is 2. The SMILES string of the molecule is C=CC(=O)OCCCCCCOC(=O)OC1CC[C@@]2(C)C(=CC[C@H]3[C@@H]4CC[C@H]([C@H](C)CCCC(C)C)[C@@]4(C)CC[C@@H]32)C1. The fourth-order valence-electron chi connectivity index (χ4n) is 9.87. The molecule has 4 aliphatic carbocycles. The molecule has 0 radical (unpaired) electrons.